The van der Waals surface area contributed by atoms with Crippen LogP contribution in [0.15, 0.2) is 30.3 Å². The van der Waals surface area contributed by atoms with Crippen LogP contribution < -0.4 is 0 Å². The second-order valence-electron chi connectivity index (χ2n) is 7.38. The van der Waals surface area contributed by atoms with Crippen molar-refractivity contribution >= 4 is 0 Å². The van der Waals surface area contributed by atoms with Gasteiger partial charge in [-0.05, 0) is 5.56 Å². The Hall–Kier alpha value is -1.22. The van der Waals surface area contributed by atoms with Crippen molar-refractivity contribution in [3.63, 3.8) is 0 Å². The highest BCUT2D eigenvalue weighted by molar-refractivity contribution is 5.13. The number of benzene rings is 1. The van der Waals surface area contributed by atoms with E-state index in [0.29, 0.717) is 0 Å². The molecule has 0 amide bonds. The molecule has 0 spiro atoms. The topological polar surface area (TPSA) is 179 Å². The van der Waals surface area contributed by atoms with E-state index in [9.17, 15) is 35.7 Å². The molecule has 7 N–H and O–H groups in total. The van der Waals surface area contributed by atoms with Gasteiger partial charge < -0.3 is 54.7 Å². The van der Waals surface area contributed by atoms with Crippen LogP contribution in [-0.2, 0) is 25.6 Å². The Labute approximate surface area is 172 Å². The highest BCUT2D eigenvalue weighted by Gasteiger charge is 2.58. The van der Waals surface area contributed by atoms with Crippen molar-refractivity contribution in [3.8, 4) is 0 Å². The zero-order valence-corrected chi connectivity index (χ0v) is 16.1. The molecule has 2 saturated heterocycles. The minimum absolute atomic E-state index is 0.108. The maximum Gasteiger partial charge on any atom is 0.224 e. The summed E-state index contributed by atoms with van der Waals surface area (Å²) in [4.78, 5) is 0. The molecular weight excluding hydrogens is 404 g/mol. The molecule has 3 rings (SSSR count). The van der Waals surface area contributed by atoms with Crippen LogP contribution in [0.5, 0.6) is 0 Å². The molecule has 2 heterocycles. The SMILES string of the molecule is OC[C@H]1O[C@@](COCc2ccccc2)(O[C@H]2O[C@H](CO)[C@@H](O)[C@H](O)[C@H]2O)[C@@H](O)[C@@H]1O. The molecule has 1 aromatic rings. The molecule has 1 aromatic carbocycles. The molecule has 0 bridgehead atoms. The van der Waals surface area contributed by atoms with Gasteiger partial charge in [-0.2, -0.15) is 0 Å². The first-order valence-electron chi connectivity index (χ1n) is 9.57. The third kappa shape index (κ3) is 4.66. The summed E-state index contributed by atoms with van der Waals surface area (Å²) in [5.41, 5.74) is 0.812. The van der Waals surface area contributed by atoms with Crippen LogP contribution in [-0.4, -0.2) is 110 Å². The molecule has 30 heavy (non-hydrogen) atoms. The molecule has 0 unspecified atom stereocenters. The summed E-state index contributed by atoms with van der Waals surface area (Å²) >= 11 is 0. The Kier molecular flexibility index (Phi) is 7.76. The van der Waals surface area contributed by atoms with Gasteiger partial charge in [0.1, 0.15) is 49.3 Å². The first kappa shape index (κ1) is 23.4. The van der Waals surface area contributed by atoms with Crippen molar-refractivity contribution in [1.82, 2.24) is 0 Å². The first-order valence-corrected chi connectivity index (χ1v) is 9.57. The maximum absolute atomic E-state index is 10.6. The van der Waals surface area contributed by atoms with Crippen molar-refractivity contribution in [2.75, 3.05) is 19.8 Å². The van der Waals surface area contributed by atoms with Crippen molar-refractivity contribution in [1.29, 1.82) is 0 Å². The molecule has 2 aliphatic rings. The summed E-state index contributed by atoms with van der Waals surface area (Å²) in [5.74, 6) is -2.06. The van der Waals surface area contributed by atoms with Crippen LogP contribution in [0.1, 0.15) is 5.56 Å². The van der Waals surface area contributed by atoms with Gasteiger partial charge in [-0.15, -0.1) is 0 Å². The van der Waals surface area contributed by atoms with Crippen molar-refractivity contribution < 1.29 is 54.7 Å². The van der Waals surface area contributed by atoms with Gasteiger partial charge in [0.25, 0.3) is 0 Å². The minimum atomic E-state index is -2.06. The van der Waals surface area contributed by atoms with E-state index >= 15 is 0 Å². The van der Waals surface area contributed by atoms with Crippen molar-refractivity contribution in [2.24, 2.45) is 0 Å². The van der Waals surface area contributed by atoms with Crippen LogP contribution in [0.4, 0.5) is 0 Å². The van der Waals surface area contributed by atoms with Crippen molar-refractivity contribution in [2.45, 2.75) is 61.4 Å². The van der Waals surface area contributed by atoms with Gasteiger partial charge in [-0.1, -0.05) is 30.3 Å². The van der Waals surface area contributed by atoms with E-state index in [1.54, 1.807) is 0 Å². The lowest BCUT2D eigenvalue weighted by molar-refractivity contribution is -0.386. The highest BCUT2D eigenvalue weighted by Crippen LogP contribution is 2.36. The van der Waals surface area contributed by atoms with Crippen molar-refractivity contribution in [3.05, 3.63) is 35.9 Å². The molecule has 170 valence electrons. The zero-order valence-electron chi connectivity index (χ0n) is 16.1. The smallest absolute Gasteiger partial charge is 0.224 e. The first-order chi connectivity index (χ1) is 14.3. The van der Waals surface area contributed by atoms with Crippen LogP contribution in [0, 0.1) is 0 Å². The van der Waals surface area contributed by atoms with Gasteiger partial charge in [0.15, 0.2) is 6.29 Å². The predicted molar refractivity (Wildman–Crippen MR) is 97.7 cm³/mol. The molecular formula is C19H28O11. The summed E-state index contributed by atoms with van der Waals surface area (Å²) in [7, 11) is 0. The van der Waals surface area contributed by atoms with E-state index in [4.69, 9.17) is 18.9 Å². The largest absolute Gasteiger partial charge is 0.394 e. The second kappa shape index (κ2) is 9.94. The van der Waals surface area contributed by atoms with Gasteiger partial charge in [0.05, 0.1) is 19.8 Å². The molecule has 11 nitrogen and oxygen atoms in total. The third-order valence-electron chi connectivity index (χ3n) is 5.26. The monoisotopic (exact) mass is 432 g/mol. The molecule has 0 aromatic heterocycles. The normalized spacial score (nSPS) is 41.8. The van der Waals surface area contributed by atoms with Crippen LogP contribution in [0.2, 0.25) is 0 Å². The summed E-state index contributed by atoms with van der Waals surface area (Å²) in [6.07, 6.45) is -12.4. The number of aliphatic hydroxyl groups is 7. The summed E-state index contributed by atoms with van der Waals surface area (Å²) in [6, 6.07) is 9.07. The van der Waals surface area contributed by atoms with E-state index in [0.717, 1.165) is 5.56 Å². The maximum atomic E-state index is 10.6. The summed E-state index contributed by atoms with van der Waals surface area (Å²) < 4.78 is 22.1. The van der Waals surface area contributed by atoms with E-state index in [2.05, 4.69) is 0 Å². The van der Waals surface area contributed by atoms with E-state index in [1.165, 1.54) is 0 Å². The van der Waals surface area contributed by atoms with E-state index in [-0.39, 0.29) is 6.61 Å². The Bertz CT molecular complexity index is 659. The fraction of sp³-hybridized carbons (Fsp3) is 0.684. The zero-order chi connectivity index (χ0) is 21.9. The molecule has 0 saturated carbocycles. The highest BCUT2D eigenvalue weighted by atomic mass is 16.8. The Morgan fingerprint density at radius 3 is 2.10 bits per heavy atom. The van der Waals surface area contributed by atoms with Crippen LogP contribution >= 0.6 is 0 Å². The molecule has 0 aliphatic carbocycles. The number of hydrogen-bond acceptors (Lipinski definition) is 11. The molecule has 2 aliphatic heterocycles. The van der Waals surface area contributed by atoms with Gasteiger partial charge >= 0.3 is 0 Å². The molecule has 0 radical (unpaired) electrons. The lowest BCUT2D eigenvalue weighted by Crippen LogP contribution is -2.62. The lowest BCUT2D eigenvalue weighted by atomic mass is 9.99. The molecule has 2 fully saturated rings. The van der Waals surface area contributed by atoms with E-state index in [1.807, 2.05) is 30.3 Å². The fourth-order valence-electron chi connectivity index (χ4n) is 3.50. The van der Waals surface area contributed by atoms with Crippen LogP contribution in [0.3, 0.4) is 0 Å². The number of rotatable bonds is 8. The summed E-state index contributed by atoms with van der Waals surface area (Å²) in [6.45, 7) is -1.62. The van der Waals surface area contributed by atoms with E-state index < -0.39 is 74.6 Å². The van der Waals surface area contributed by atoms with Gasteiger partial charge in [-0.3, -0.25) is 0 Å². The average Bonchev–Trinajstić information content (AvgIpc) is 2.99. The predicted octanol–water partition coefficient (Wildman–Crippen LogP) is -3.17. The second-order valence-corrected chi connectivity index (χ2v) is 7.38. The number of ether oxygens (including phenoxy) is 4. The van der Waals surface area contributed by atoms with Gasteiger partial charge in [-0.25, -0.2) is 0 Å². The minimum Gasteiger partial charge on any atom is -0.394 e. The quantitative estimate of drug-likeness (QED) is 0.220. The molecule has 9 atom stereocenters. The fourth-order valence-corrected chi connectivity index (χ4v) is 3.50. The number of hydrogen-bond donors (Lipinski definition) is 7. The Morgan fingerprint density at radius 1 is 0.833 bits per heavy atom. The standard InChI is InChI=1S/C19H28O11/c20-6-11-13(22)15(24)16(25)18(28-11)30-19(17(26)14(23)12(7-21)29-19)9-27-8-10-4-2-1-3-5-10/h1-5,11-18,20-26H,6-9H2/t11-,12-,13-,14-,15+,16-,17+,18-,19+/m1/s1. The average molecular weight is 432 g/mol. The van der Waals surface area contributed by atoms with Crippen LogP contribution in [0.25, 0.3) is 0 Å². The lowest BCUT2D eigenvalue weighted by Gasteiger charge is -2.43. The summed E-state index contributed by atoms with van der Waals surface area (Å²) in [5, 5.41) is 69.7. The Balaban J connectivity index is 1.77. The number of aliphatic hydroxyl groups excluding tert-OH is 7. The van der Waals surface area contributed by atoms with Gasteiger partial charge in [0.2, 0.25) is 5.79 Å². The molecule has 11 heteroatoms. The third-order valence-corrected chi connectivity index (χ3v) is 5.26. The van der Waals surface area contributed by atoms with Gasteiger partial charge in [0, 0.05) is 0 Å². The Morgan fingerprint density at radius 2 is 1.50 bits per heavy atom.